The lowest BCUT2D eigenvalue weighted by Crippen LogP contribution is -1.99. The van der Waals surface area contributed by atoms with Gasteiger partial charge in [0.05, 0.1) is 7.11 Å². The van der Waals surface area contributed by atoms with Crippen LogP contribution in [-0.4, -0.2) is 7.11 Å². The molecule has 0 saturated carbocycles. The van der Waals surface area contributed by atoms with E-state index in [0.717, 1.165) is 26.9 Å². The Morgan fingerprint density at radius 2 is 1.72 bits per heavy atom. The van der Waals surface area contributed by atoms with Crippen LogP contribution in [0.25, 0.3) is 0 Å². The molecule has 0 aliphatic carbocycles. The standard InChI is InChI=1S/C14H13Br2NO/c1-18-14-7-12(16)6-13(8-14)17-9-10-2-4-11(15)5-3-10/h2-8,17H,9H2,1H3. The van der Waals surface area contributed by atoms with E-state index < -0.39 is 0 Å². The molecule has 2 nitrogen and oxygen atoms in total. The Labute approximate surface area is 124 Å². The Bertz CT molecular complexity index is 526. The summed E-state index contributed by atoms with van der Waals surface area (Å²) in [5, 5.41) is 3.37. The van der Waals surface area contributed by atoms with Crippen molar-refractivity contribution in [1.29, 1.82) is 0 Å². The van der Waals surface area contributed by atoms with Gasteiger partial charge in [-0.3, -0.25) is 0 Å². The molecule has 18 heavy (non-hydrogen) atoms. The van der Waals surface area contributed by atoms with Gasteiger partial charge in [-0.25, -0.2) is 0 Å². The lowest BCUT2D eigenvalue weighted by Gasteiger charge is -2.09. The molecule has 0 aliphatic rings. The van der Waals surface area contributed by atoms with Crippen molar-refractivity contribution in [3.8, 4) is 5.75 Å². The van der Waals surface area contributed by atoms with Crippen LogP contribution in [0.15, 0.2) is 51.4 Å². The van der Waals surface area contributed by atoms with Crippen molar-refractivity contribution in [1.82, 2.24) is 0 Å². The topological polar surface area (TPSA) is 21.3 Å². The Hall–Kier alpha value is -1.00. The molecule has 4 heteroatoms. The monoisotopic (exact) mass is 369 g/mol. The highest BCUT2D eigenvalue weighted by Crippen LogP contribution is 2.24. The first-order valence-corrected chi connectivity index (χ1v) is 7.09. The van der Waals surface area contributed by atoms with Gasteiger partial charge in [0, 0.05) is 27.2 Å². The fraction of sp³-hybridized carbons (Fsp3) is 0.143. The SMILES string of the molecule is COc1cc(Br)cc(NCc2ccc(Br)cc2)c1. The maximum atomic E-state index is 5.23. The van der Waals surface area contributed by atoms with Crippen LogP contribution in [0.4, 0.5) is 5.69 Å². The van der Waals surface area contributed by atoms with Gasteiger partial charge >= 0.3 is 0 Å². The van der Waals surface area contributed by atoms with Crippen LogP contribution < -0.4 is 10.1 Å². The van der Waals surface area contributed by atoms with E-state index in [2.05, 4.69) is 49.3 Å². The third-order valence-electron chi connectivity index (χ3n) is 2.52. The first kappa shape index (κ1) is 13.4. The van der Waals surface area contributed by atoms with E-state index >= 15 is 0 Å². The fourth-order valence-corrected chi connectivity index (χ4v) is 2.33. The van der Waals surface area contributed by atoms with Crippen molar-refractivity contribution in [2.45, 2.75) is 6.54 Å². The molecule has 0 heterocycles. The number of halogens is 2. The molecule has 0 spiro atoms. The molecule has 0 unspecified atom stereocenters. The molecule has 0 amide bonds. The zero-order valence-corrected chi connectivity index (χ0v) is 13.1. The summed E-state index contributed by atoms with van der Waals surface area (Å²) in [7, 11) is 1.67. The van der Waals surface area contributed by atoms with Crippen LogP contribution in [0.1, 0.15) is 5.56 Å². The zero-order chi connectivity index (χ0) is 13.0. The summed E-state index contributed by atoms with van der Waals surface area (Å²) in [5.74, 6) is 0.836. The van der Waals surface area contributed by atoms with E-state index in [1.807, 2.05) is 30.3 Å². The number of anilines is 1. The number of ether oxygens (including phenoxy) is 1. The molecule has 2 aromatic carbocycles. The first-order chi connectivity index (χ1) is 8.67. The normalized spacial score (nSPS) is 10.2. The van der Waals surface area contributed by atoms with Gasteiger partial charge in [-0.1, -0.05) is 44.0 Å². The predicted molar refractivity (Wildman–Crippen MR) is 82.2 cm³/mol. The summed E-state index contributed by atoms with van der Waals surface area (Å²) in [6.45, 7) is 0.785. The number of rotatable bonds is 4. The second kappa shape index (κ2) is 6.25. The minimum absolute atomic E-state index is 0.785. The van der Waals surface area contributed by atoms with Gasteiger partial charge in [-0.2, -0.15) is 0 Å². The highest BCUT2D eigenvalue weighted by Gasteiger charge is 2.00. The van der Waals surface area contributed by atoms with Crippen LogP contribution >= 0.6 is 31.9 Å². The molecular formula is C14H13Br2NO. The van der Waals surface area contributed by atoms with Crippen molar-refractivity contribution in [3.63, 3.8) is 0 Å². The summed E-state index contributed by atoms with van der Waals surface area (Å²) in [6.07, 6.45) is 0. The minimum Gasteiger partial charge on any atom is -0.497 e. The molecule has 0 atom stereocenters. The Morgan fingerprint density at radius 1 is 1.00 bits per heavy atom. The molecule has 0 aromatic heterocycles. The zero-order valence-electron chi connectivity index (χ0n) is 9.91. The van der Waals surface area contributed by atoms with Gasteiger partial charge in [0.25, 0.3) is 0 Å². The van der Waals surface area contributed by atoms with E-state index in [0.29, 0.717) is 0 Å². The third-order valence-corrected chi connectivity index (χ3v) is 3.50. The van der Waals surface area contributed by atoms with Crippen LogP contribution in [0, 0.1) is 0 Å². The molecule has 2 rings (SSSR count). The lowest BCUT2D eigenvalue weighted by molar-refractivity contribution is 0.414. The summed E-state index contributed by atoms with van der Waals surface area (Å²) in [4.78, 5) is 0. The van der Waals surface area contributed by atoms with E-state index in [1.165, 1.54) is 5.56 Å². The second-order valence-electron chi connectivity index (χ2n) is 3.86. The number of methoxy groups -OCH3 is 1. The largest absolute Gasteiger partial charge is 0.497 e. The van der Waals surface area contributed by atoms with Gasteiger partial charge in [0.1, 0.15) is 5.75 Å². The van der Waals surface area contributed by atoms with Gasteiger partial charge < -0.3 is 10.1 Å². The molecule has 0 fully saturated rings. The van der Waals surface area contributed by atoms with E-state index in [1.54, 1.807) is 7.11 Å². The molecule has 2 aromatic rings. The fourth-order valence-electron chi connectivity index (χ4n) is 1.59. The molecule has 1 N–H and O–H groups in total. The Kier molecular flexibility index (Phi) is 4.66. The highest BCUT2D eigenvalue weighted by atomic mass is 79.9. The average Bonchev–Trinajstić information content (AvgIpc) is 2.37. The van der Waals surface area contributed by atoms with Crippen molar-refractivity contribution >= 4 is 37.5 Å². The van der Waals surface area contributed by atoms with Crippen LogP contribution in [0.3, 0.4) is 0 Å². The maximum Gasteiger partial charge on any atom is 0.122 e. The van der Waals surface area contributed by atoms with Crippen LogP contribution in [-0.2, 0) is 6.54 Å². The number of benzene rings is 2. The predicted octanol–water partition coefficient (Wildman–Crippen LogP) is 4.83. The quantitative estimate of drug-likeness (QED) is 0.831. The average molecular weight is 371 g/mol. The second-order valence-corrected chi connectivity index (χ2v) is 5.69. The van der Waals surface area contributed by atoms with Crippen molar-refractivity contribution < 1.29 is 4.74 Å². The summed E-state index contributed by atoms with van der Waals surface area (Å²) >= 11 is 6.89. The van der Waals surface area contributed by atoms with Crippen LogP contribution in [0.2, 0.25) is 0 Å². The highest BCUT2D eigenvalue weighted by molar-refractivity contribution is 9.10. The molecule has 94 valence electrons. The van der Waals surface area contributed by atoms with Gasteiger partial charge in [0.2, 0.25) is 0 Å². The Morgan fingerprint density at radius 3 is 2.39 bits per heavy atom. The number of hydrogen-bond donors (Lipinski definition) is 1. The van der Waals surface area contributed by atoms with E-state index in [-0.39, 0.29) is 0 Å². The van der Waals surface area contributed by atoms with Crippen molar-refractivity contribution in [3.05, 3.63) is 57.0 Å². The molecule has 0 bridgehead atoms. The smallest absolute Gasteiger partial charge is 0.122 e. The third kappa shape index (κ3) is 3.75. The van der Waals surface area contributed by atoms with E-state index in [4.69, 9.17) is 4.74 Å². The summed E-state index contributed by atoms with van der Waals surface area (Å²) < 4.78 is 7.32. The molecule has 0 aliphatic heterocycles. The molecule has 0 radical (unpaired) electrons. The summed E-state index contributed by atoms with van der Waals surface area (Å²) in [6, 6.07) is 14.2. The van der Waals surface area contributed by atoms with Gasteiger partial charge in [0.15, 0.2) is 0 Å². The molecular weight excluding hydrogens is 358 g/mol. The Balaban J connectivity index is 2.05. The number of hydrogen-bond acceptors (Lipinski definition) is 2. The first-order valence-electron chi connectivity index (χ1n) is 5.50. The van der Waals surface area contributed by atoms with Gasteiger partial charge in [-0.05, 0) is 29.8 Å². The maximum absolute atomic E-state index is 5.23. The van der Waals surface area contributed by atoms with Gasteiger partial charge in [-0.15, -0.1) is 0 Å². The summed E-state index contributed by atoms with van der Waals surface area (Å²) in [5.41, 5.74) is 2.27. The van der Waals surface area contributed by atoms with Crippen molar-refractivity contribution in [2.24, 2.45) is 0 Å². The van der Waals surface area contributed by atoms with Crippen LogP contribution in [0.5, 0.6) is 5.75 Å². The minimum atomic E-state index is 0.785. The number of nitrogens with one attached hydrogen (secondary N) is 1. The lowest BCUT2D eigenvalue weighted by atomic mass is 10.2. The van der Waals surface area contributed by atoms with E-state index in [9.17, 15) is 0 Å². The molecule has 0 saturated heterocycles. The van der Waals surface area contributed by atoms with Crippen molar-refractivity contribution in [2.75, 3.05) is 12.4 Å².